The van der Waals surface area contributed by atoms with Crippen molar-refractivity contribution in [2.45, 2.75) is 5.33 Å². The Kier molecular flexibility index (Phi) is 2.33. The molecule has 0 bridgehead atoms. The number of hydrogen-bond acceptors (Lipinski definition) is 2. The summed E-state index contributed by atoms with van der Waals surface area (Å²) in [5, 5.41) is 3.14. The molecule has 0 unspecified atom stereocenters. The van der Waals surface area contributed by atoms with Gasteiger partial charge in [0.15, 0.2) is 0 Å². The van der Waals surface area contributed by atoms with Crippen molar-refractivity contribution < 1.29 is 0 Å². The quantitative estimate of drug-likeness (QED) is 0.499. The van der Waals surface area contributed by atoms with Gasteiger partial charge in [-0.2, -0.15) is 0 Å². The molecule has 2 aromatic heterocycles. The van der Waals surface area contributed by atoms with E-state index in [1.807, 2.05) is 24.5 Å². The number of halogens is 1. The third kappa shape index (κ3) is 1.39. The normalized spacial score (nSPS) is 11.1. The summed E-state index contributed by atoms with van der Waals surface area (Å²) in [6.07, 6.45) is 3.65. The maximum absolute atomic E-state index is 4.43. The molecule has 0 saturated carbocycles. The largest absolute Gasteiger partial charge is 0.254 e. The highest BCUT2D eigenvalue weighted by atomic mass is 79.9. The first kappa shape index (κ1) is 9.73. The number of pyridine rings is 2. The van der Waals surface area contributed by atoms with Gasteiger partial charge < -0.3 is 0 Å². The van der Waals surface area contributed by atoms with E-state index >= 15 is 0 Å². The maximum atomic E-state index is 4.43. The van der Waals surface area contributed by atoms with Crippen molar-refractivity contribution in [1.29, 1.82) is 0 Å². The molecule has 0 radical (unpaired) electrons. The Morgan fingerprint density at radius 2 is 1.81 bits per heavy atom. The summed E-state index contributed by atoms with van der Waals surface area (Å²) in [7, 11) is 0. The monoisotopic (exact) mass is 272 g/mol. The molecule has 16 heavy (non-hydrogen) atoms. The Morgan fingerprint density at radius 1 is 0.938 bits per heavy atom. The summed E-state index contributed by atoms with van der Waals surface area (Å²) in [6, 6.07) is 10.3. The van der Waals surface area contributed by atoms with Crippen LogP contribution in [0.25, 0.3) is 21.8 Å². The second kappa shape index (κ2) is 3.83. The molecule has 2 nitrogen and oxygen atoms in total. The van der Waals surface area contributed by atoms with E-state index in [1.165, 1.54) is 10.9 Å². The summed E-state index contributed by atoms with van der Waals surface area (Å²) in [6.45, 7) is 0. The fourth-order valence-electron chi connectivity index (χ4n) is 1.93. The average molecular weight is 273 g/mol. The van der Waals surface area contributed by atoms with E-state index in [0.717, 1.165) is 21.7 Å². The van der Waals surface area contributed by atoms with Crippen LogP contribution in [0.1, 0.15) is 5.56 Å². The summed E-state index contributed by atoms with van der Waals surface area (Å²) < 4.78 is 0. The van der Waals surface area contributed by atoms with Gasteiger partial charge in [0.05, 0.1) is 11.0 Å². The van der Waals surface area contributed by atoms with Crippen LogP contribution in [0.3, 0.4) is 0 Å². The molecule has 0 saturated heterocycles. The Bertz CT molecular complexity index is 664. The zero-order chi connectivity index (χ0) is 11.0. The van der Waals surface area contributed by atoms with E-state index in [1.54, 1.807) is 0 Å². The molecule has 1 aromatic carbocycles. The first-order valence-corrected chi connectivity index (χ1v) is 6.19. The van der Waals surface area contributed by atoms with Gasteiger partial charge in [-0.15, -0.1) is 0 Å². The number of benzene rings is 1. The van der Waals surface area contributed by atoms with Gasteiger partial charge in [-0.05, 0) is 17.7 Å². The third-order valence-electron chi connectivity index (χ3n) is 2.72. The molecule has 0 aliphatic rings. The van der Waals surface area contributed by atoms with Gasteiger partial charge in [-0.25, -0.2) is 0 Å². The number of rotatable bonds is 1. The van der Waals surface area contributed by atoms with Crippen molar-refractivity contribution in [2.24, 2.45) is 0 Å². The van der Waals surface area contributed by atoms with E-state index < -0.39 is 0 Å². The number of alkyl halides is 1. The lowest BCUT2D eigenvalue weighted by Crippen LogP contribution is -1.88. The van der Waals surface area contributed by atoms with Gasteiger partial charge >= 0.3 is 0 Å². The van der Waals surface area contributed by atoms with Crippen LogP contribution in [0.15, 0.2) is 42.7 Å². The zero-order valence-electron chi connectivity index (χ0n) is 8.52. The van der Waals surface area contributed by atoms with E-state index in [-0.39, 0.29) is 0 Å². The highest BCUT2D eigenvalue weighted by Gasteiger charge is 2.05. The van der Waals surface area contributed by atoms with Gasteiger partial charge in [0.25, 0.3) is 0 Å². The van der Waals surface area contributed by atoms with Crippen LogP contribution in [0.2, 0.25) is 0 Å². The van der Waals surface area contributed by atoms with Crippen LogP contribution in [-0.2, 0) is 5.33 Å². The number of nitrogens with zero attached hydrogens (tertiary/aromatic N) is 2. The number of hydrogen-bond donors (Lipinski definition) is 0. The first-order chi connectivity index (χ1) is 7.90. The lowest BCUT2D eigenvalue weighted by atomic mass is 10.1. The van der Waals surface area contributed by atoms with Crippen LogP contribution in [-0.4, -0.2) is 9.97 Å². The second-order valence-corrected chi connectivity index (χ2v) is 4.20. The van der Waals surface area contributed by atoms with Crippen LogP contribution >= 0.6 is 15.9 Å². The van der Waals surface area contributed by atoms with E-state index in [4.69, 9.17) is 0 Å². The molecule has 0 amide bonds. The van der Waals surface area contributed by atoms with Crippen LogP contribution in [0.5, 0.6) is 0 Å². The zero-order valence-corrected chi connectivity index (χ0v) is 10.1. The summed E-state index contributed by atoms with van der Waals surface area (Å²) in [5.74, 6) is 0. The fraction of sp³-hybridized carbons (Fsp3) is 0.0769. The van der Waals surface area contributed by atoms with Gasteiger partial charge in [-0.1, -0.05) is 34.1 Å². The van der Waals surface area contributed by atoms with Gasteiger partial charge in [0.1, 0.15) is 0 Å². The van der Waals surface area contributed by atoms with Gasteiger partial charge in [0, 0.05) is 28.5 Å². The fourth-order valence-corrected chi connectivity index (χ4v) is 2.42. The minimum Gasteiger partial charge on any atom is -0.254 e. The SMILES string of the molecule is BrCc1ccnc2c1ccc1cccnc12. The van der Waals surface area contributed by atoms with Crippen molar-refractivity contribution in [3.05, 3.63) is 48.3 Å². The Hall–Kier alpha value is -1.48. The van der Waals surface area contributed by atoms with Crippen LogP contribution in [0.4, 0.5) is 0 Å². The lowest BCUT2D eigenvalue weighted by Gasteiger charge is -2.05. The van der Waals surface area contributed by atoms with Crippen molar-refractivity contribution in [3.63, 3.8) is 0 Å². The third-order valence-corrected chi connectivity index (χ3v) is 3.32. The van der Waals surface area contributed by atoms with E-state index in [9.17, 15) is 0 Å². The van der Waals surface area contributed by atoms with Crippen LogP contribution < -0.4 is 0 Å². The van der Waals surface area contributed by atoms with E-state index in [2.05, 4.69) is 44.1 Å². The number of fused-ring (bicyclic) bond motifs is 3. The van der Waals surface area contributed by atoms with Crippen molar-refractivity contribution in [2.75, 3.05) is 0 Å². The van der Waals surface area contributed by atoms with Crippen molar-refractivity contribution in [1.82, 2.24) is 9.97 Å². The second-order valence-electron chi connectivity index (χ2n) is 3.64. The smallest absolute Gasteiger partial charge is 0.0967 e. The molecular weight excluding hydrogens is 264 g/mol. The molecule has 0 spiro atoms. The van der Waals surface area contributed by atoms with Gasteiger partial charge in [-0.3, -0.25) is 9.97 Å². The maximum Gasteiger partial charge on any atom is 0.0967 e. The lowest BCUT2D eigenvalue weighted by molar-refractivity contribution is 1.34. The average Bonchev–Trinajstić information content (AvgIpc) is 2.37. The first-order valence-electron chi connectivity index (χ1n) is 5.07. The minimum atomic E-state index is 0.838. The molecule has 0 fully saturated rings. The molecule has 0 aliphatic heterocycles. The molecule has 0 aliphatic carbocycles. The summed E-state index contributed by atoms with van der Waals surface area (Å²) in [5.41, 5.74) is 3.20. The highest BCUT2D eigenvalue weighted by molar-refractivity contribution is 9.08. The molecule has 2 heterocycles. The Labute approximate surface area is 101 Å². The van der Waals surface area contributed by atoms with Gasteiger partial charge in [0.2, 0.25) is 0 Å². The molecule has 0 atom stereocenters. The van der Waals surface area contributed by atoms with Crippen molar-refractivity contribution in [3.8, 4) is 0 Å². The topological polar surface area (TPSA) is 25.8 Å². The standard InChI is InChI=1S/C13H9BrN2/c14-8-10-5-7-16-13-11(10)4-3-9-2-1-6-15-12(9)13/h1-7H,8H2. The minimum absolute atomic E-state index is 0.838. The highest BCUT2D eigenvalue weighted by Crippen LogP contribution is 2.25. The van der Waals surface area contributed by atoms with E-state index in [0.29, 0.717) is 0 Å². The molecule has 3 rings (SSSR count). The molecule has 78 valence electrons. The Morgan fingerprint density at radius 3 is 2.69 bits per heavy atom. The number of aromatic nitrogens is 2. The predicted octanol–water partition coefficient (Wildman–Crippen LogP) is 3.68. The summed E-state index contributed by atoms with van der Waals surface area (Å²) in [4.78, 5) is 8.84. The van der Waals surface area contributed by atoms with Crippen LogP contribution in [0, 0.1) is 0 Å². The summed E-state index contributed by atoms with van der Waals surface area (Å²) >= 11 is 3.49. The molecule has 3 heteroatoms. The molecular formula is C13H9BrN2. The van der Waals surface area contributed by atoms with Crippen molar-refractivity contribution >= 4 is 37.7 Å². The molecule has 3 aromatic rings. The Balaban J connectivity index is 2.52. The predicted molar refractivity (Wildman–Crippen MR) is 69.7 cm³/mol. The molecule has 0 N–H and O–H groups in total.